The quantitative estimate of drug-likeness (QED) is 0.650. The predicted molar refractivity (Wildman–Crippen MR) is 104 cm³/mol. The Labute approximate surface area is 180 Å². The molecule has 2 aromatic heterocycles. The van der Waals surface area contributed by atoms with E-state index in [0.717, 1.165) is 17.0 Å². The molecule has 1 aliphatic rings. The lowest BCUT2D eigenvalue weighted by atomic mass is 10.0. The van der Waals surface area contributed by atoms with Gasteiger partial charge in [-0.2, -0.15) is 13.2 Å². The van der Waals surface area contributed by atoms with Crippen LogP contribution < -0.4 is 4.74 Å². The summed E-state index contributed by atoms with van der Waals surface area (Å²) in [6.07, 6.45) is -1.08. The maximum absolute atomic E-state index is 12.7. The Morgan fingerprint density at radius 1 is 1.16 bits per heavy atom. The van der Waals surface area contributed by atoms with E-state index < -0.39 is 12.1 Å². The van der Waals surface area contributed by atoms with Crippen LogP contribution in [0.1, 0.15) is 27.4 Å². The van der Waals surface area contributed by atoms with Gasteiger partial charge in [-0.1, -0.05) is 23.4 Å². The number of ether oxygens (including phenoxy) is 1. The molecule has 11 heteroatoms. The highest BCUT2D eigenvalue weighted by Gasteiger charge is 2.38. The largest absolute Gasteiger partial charge is 0.490 e. The van der Waals surface area contributed by atoms with Crippen molar-refractivity contribution in [3.8, 4) is 5.75 Å². The molecule has 3 aromatic rings. The fraction of sp³-hybridized carbons (Fsp3) is 0.238. The zero-order valence-electron chi connectivity index (χ0n) is 16.6. The number of alkyl halides is 3. The van der Waals surface area contributed by atoms with Gasteiger partial charge in [-0.15, -0.1) is 0 Å². The molecule has 3 heterocycles. The predicted octanol–water partition coefficient (Wildman–Crippen LogP) is 3.48. The molecular formula is C21H18F3N3O5. The van der Waals surface area contributed by atoms with Gasteiger partial charge in [-0.25, -0.2) is 4.79 Å². The Kier molecular flexibility index (Phi) is 7.08. The summed E-state index contributed by atoms with van der Waals surface area (Å²) in [4.78, 5) is 27.4. The molecule has 0 atom stereocenters. The van der Waals surface area contributed by atoms with Crippen molar-refractivity contribution in [2.45, 2.75) is 25.7 Å². The molecule has 0 unspecified atom stereocenters. The number of carbonyl (C=O) groups is 2. The highest BCUT2D eigenvalue weighted by molar-refractivity contribution is 5.94. The first kappa shape index (κ1) is 22.8. The first-order valence-electron chi connectivity index (χ1n) is 9.39. The molecular weight excluding hydrogens is 431 g/mol. The Balaban J connectivity index is 0.000000360. The second kappa shape index (κ2) is 9.94. The smallest absolute Gasteiger partial charge is 0.486 e. The summed E-state index contributed by atoms with van der Waals surface area (Å²) in [5, 5.41) is 11.2. The number of aromatic nitrogens is 2. The fourth-order valence-corrected chi connectivity index (χ4v) is 2.90. The van der Waals surface area contributed by atoms with Gasteiger partial charge in [0, 0.05) is 30.3 Å². The molecule has 0 saturated heterocycles. The zero-order chi connectivity index (χ0) is 23.1. The second-order valence-electron chi connectivity index (χ2n) is 6.65. The van der Waals surface area contributed by atoms with Crippen LogP contribution in [0.3, 0.4) is 0 Å². The number of hydrogen-bond donors (Lipinski definition) is 1. The number of benzene rings is 1. The number of rotatable bonds is 4. The highest BCUT2D eigenvalue weighted by Crippen LogP contribution is 2.24. The molecule has 0 fully saturated rings. The number of carbonyl (C=O) groups excluding carboxylic acids is 1. The molecule has 168 valence electrons. The van der Waals surface area contributed by atoms with E-state index in [4.69, 9.17) is 19.2 Å². The minimum Gasteiger partial charge on any atom is -0.486 e. The van der Waals surface area contributed by atoms with E-state index in [1.54, 1.807) is 12.4 Å². The van der Waals surface area contributed by atoms with Crippen LogP contribution in [0.4, 0.5) is 13.2 Å². The van der Waals surface area contributed by atoms with Crippen LogP contribution in [0.2, 0.25) is 0 Å². The number of fused-ring (bicyclic) bond motifs is 1. The molecule has 0 aliphatic carbocycles. The third-order valence-electron chi connectivity index (χ3n) is 4.47. The highest BCUT2D eigenvalue weighted by atomic mass is 19.4. The number of amides is 1. The average molecular weight is 449 g/mol. The molecule has 0 bridgehead atoms. The van der Waals surface area contributed by atoms with Crippen molar-refractivity contribution in [2.24, 2.45) is 0 Å². The Morgan fingerprint density at radius 2 is 1.88 bits per heavy atom. The van der Waals surface area contributed by atoms with Gasteiger partial charge in [-0.3, -0.25) is 9.78 Å². The summed E-state index contributed by atoms with van der Waals surface area (Å²) in [7, 11) is 0. The molecule has 0 saturated carbocycles. The molecule has 1 N–H and O–H groups in total. The molecule has 0 radical (unpaired) electrons. The monoisotopic (exact) mass is 449 g/mol. The van der Waals surface area contributed by atoms with Crippen LogP contribution in [-0.4, -0.2) is 44.7 Å². The van der Waals surface area contributed by atoms with Crippen molar-refractivity contribution < 1.29 is 37.1 Å². The first-order chi connectivity index (χ1) is 15.3. The molecule has 1 aromatic carbocycles. The normalized spacial score (nSPS) is 12.9. The van der Waals surface area contributed by atoms with E-state index in [-0.39, 0.29) is 12.5 Å². The zero-order valence-corrected chi connectivity index (χ0v) is 16.6. The van der Waals surface area contributed by atoms with E-state index >= 15 is 0 Å². The second-order valence-corrected chi connectivity index (χ2v) is 6.65. The number of aliphatic carboxylic acids is 1. The van der Waals surface area contributed by atoms with Crippen LogP contribution in [0.5, 0.6) is 5.75 Å². The molecule has 1 amide bonds. The maximum Gasteiger partial charge on any atom is 0.490 e. The van der Waals surface area contributed by atoms with Gasteiger partial charge in [0.05, 0.1) is 12.7 Å². The molecule has 1 aliphatic heterocycles. The Hall–Kier alpha value is -3.89. The number of halogens is 3. The number of pyridine rings is 1. The first-order valence-corrected chi connectivity index (χ1v) is 9.39. The fourth-order valence-electron chi connectivity index (χ4n) is 2.90. The molecule has 4 rings (SSSR count). The minimum absolute atomic E-state index is 0.0200. The number of hydrogen-bond acceptors (Lipinski definition) is 6. The van der Waals surface area contributed by atoms with Crippen molar-refractivity contribution in [1.29, 1.82) is 0 Å². The third kappa shape index (κ3) is 5.84. The maximum atomic E-state index is 12.7. The van der Waals surface area contributed by atoms with E-state index in [2.05, 4.69) is 10.1 Å². The van der Waals surface area contributed by atoms with Crippen LogP contribution in [-0.2, 0) is 24.4 Å². The van der Waals surface area contributed by atoms with Gasteiger partial charge in [0.1, 0.15) is 23.8 Å². The van der Waals surface area contributed by atoms with E-state index in [1.165, 1.54) is 0 Å². The SMILES string of the molecule is O=C(O)C(F)(F)F.O=C(c1ccccc1)N1CCc2onc(COc3cccnc3)c2C1. The summed E-state index contributed by atoms with van der Waals surface area (Å²) in [6, 6.07) is 13.0. The van der Waals surface area contributed by atoms with Gasteiger partial charge in [-0.05, 0) is 24.3 Å². The minimum atomic E-state index is -5.08. The summed E-state index contributed by atoms with van der Waals surface area (Å²) in [5.41, 5.74) is 2.36. The van der Waals surface area contributed by atoms with Crippen molar-refractivity contribution in [3.63, 3.8) is 0 Å². The van der Waals surface area contributed by atoms with Gasteiger partial charge >= 0.3 is 12.1 Å². The standard InChI is InChI=1S/C19H17N3O3.C2HF3O2/c23-19(14-5-2-1-3-6-14)22-10-8-18-16(12-22)17(21-25-18)13-24-15-7-4-9-20-11-15;3-2(4,5)1(6)7/h1-7,9,11H,8,10,12-13H2;(H,6,7). The van der Waals surface area contributed by atoms with Crippen LogP contribution in [0.25, 0.3) is 0 Å². The van der Waals surface area contributed by atoms with Gasteiger partial charge in [0.25, 0.3) is 5.91 Å². The van der Waals surface area contributed by atoms with Crippen molar-refractivity contribution in [2.75, 3.05) is 6.54 Å². The summed E-state index contributed by atoms with van der Waals surface area (Å²) in [6.45, 7) is 1.40. The van der Waals surface area contributed by atoms with E-state index in [9.17, 15) is 18.0 Å². The van der Waals surface area contributed by atoms with Gasteiger partial charge in [0.2, 0.25) is 0 Å². The lowest BCUT2D eigenvalue weighted by Crippen LogP contribution is -2.35. The van der Waals surface area contributed by atoms with Crippen LogP contribution >= 0.6 is 0 Å². The summed E-state index contributed by atoms with van der Waals surface area (Å²) >= 11 is 0. The van der Waals surface area contributed by atoms with Gasteiger partial charge in [0.15, 0.2) is 0 Å². The number of nitrogens with zero attached hydrogens (tertiary/aromatic N) is 3. The molecule has 32 heavy (non-hydrogen) atoms. The van der Waals surface area contributed by atoms with Crippen LogP contribution in [0, 0.1) is 0 Å². The number of carboxylic acid groups (broad SMARTS) is 1. The lowest BCUT2D eigenvalue weighted by Gasteiger charge is -2.26. The summed E-state index contributed by atoms with van der Waals surface area (Å²) < 4.78 is 42.9. The van der Waals surface area contributed by atoms with Crippen molar-refractivity contribution in [3.05, 3.63) is 77.4 Å². The lowest BCUT2D eigenvalue weighted by molar-refractivity contribution is -0.192. The molecule has 0 spiro atoms. The molecule has 8 nitrogen and oxygen atoms in total. The average Bonchev–Trinajstić information content (AvgIpc) is 3.20. The Morgan fingerprint density at radius 3 is 2.50 bits per heavy atom. The topological polar surface area (TPSA) is 106 Å². The van der Waals surface area contributed by atoms with E-state index in [1.807, 2.05) is 47.4 Å². The summed E-state index contributed by atoms with van der Waals surface area (Å²) in [5.74, 6) is -1.23. The van der Waals surface area contributed by atoms with E-state index in [0.29, 0.717) is 30.8 Å². The number of carboxylic acids is 1. The Bertz CT molecular complexity index is 1060. The van der Waals surface area contributed by atoms with Crippen LogP contribution in [0.15, 0.2) is 59.4 Å². The third-order valence-corrected chi connectivity index (χ3v) is 4.47. The van der Waals surface area contributed by atoms with Crippen molar-refractivity contribution in [1.82, 2.24) is 15.0 Å². The van der Waals surface area contributed by atoms with Crippen molar-refractivity contribution >= 4 is 11.9 Å². The van der Waals surface area contributed by atoms with Gasteiger partial charge < -0.3 is 19.3 Å².